The van der Waals surface area contributed by atoms with Gasteiger partial charge in [0.2, 0.25) is 0 Å². The van der Waals surface area contributed by atoms with Crippen molar-refractivity contribution in [3.63, 3.8) is 0 Å². The number of nitrogen functional groups attached to an aromatic ring is 1. The minimum absolute atomic E-state index is 0.196. The number of aromatic nitrogens is 2. The van der Waals surface area contributed by atoms with Gasteiger partial charge >= 0.3 is 0 Å². The second-order valence-electron chi connectivity index (χ2n) is 4.72. The van der Waals surface area contributed by atoms with Crippen molar-refractivity contribution < 1.29 is 4.79 Å². The van der Waals surface area contributed by atoms with Crippen molar-refractivity contribution in [2.45, 2.75) is 13.5 Å². The average Bonchev–Trinajstić information content (AvgIpc) is 2.84. The number of rotatable bonds is 3. The van der Waals surface area contributed by atoms with E-state index in [4.69, 9.17) is 5.73 Å². The van der Waals surface area contributed by atoms with Gasteiger partial charge in [-0.1, -0.05) is 29.8 Å². The SMILES string of the molecule is Cc1ccc(CNC(=O)c2sc3nccnc3c2N)cc1. The Balaban J connectivity index is 1.78. The molecule has 2 heterocycles. The Bertz CT molecular complexity index is 795. The van der Waals surface area contributed by atoms with Crippen molar-refractivity contribution in [1.29, 1.82) is 0 Å². The largest absolute Gasteiger partial charge is 0.396 e. The molecule has 3 aromatic rings. The van der Waals surface area contributed by atoms with Gasteiger partial charge in [-0.05, 0) is 12.5 Å². The van der Waals surface area contributed by atoms with E-state index < -0.39 is 0 Å². The number of thiophene rings is 1. The maximum absolute atomic E-state index is 12.2. The third kappa shape index (κ3) is 2.71. The molecule has 1 aromatic carbocycles. The van der Waals surface area contributed by atoms with Crippen LogP contribution in [-0.2, 0) is 6.54 Å². The molecule has 5 nitrogen and oxygen atoms in total. The number of nitrogens with zero attached hydrogens (tertiary/aromatic N) is 2. The quantitative estimate of drug-likeness (QED) is 0.778. The van der Waals surface area contributed by atoms with Crippen molar-refractivity contribution >= 4 is 33.3 Å². The Morgan fingerprint density at radius 1 is 1.24 bits per heavy atom. The molecule has 0 atom stereocenters. The van der Waals surface area contributed by atoms with E-state index in [0.717, 1.165) is 5.56 Å². The molecule has 0 aliphatic carbocycles. The van der Waals surface area contributed by atoms with E-state index in [0.29, 0.717) is 27.5 Å². The van der Waals surface area contributed by atoms with Crippen LogP contribution in [0.3, 0.4) is 0 Å². The lowest BCUT2D eigenvalue weighted by atomic mass is 10.1. The van der Waals surface area contributed by atoms with Gasteiger partial charge in [-0.15, -0.1) is 11.3 Å². The van der Waals surface area contributed by atoms with Crippen LogP contribution in [0.2, 0.25) is 0 Å². The zero-order chi connectivity index (χ0) is 14.8. The summed E-state index contributed by atoms with van der Waals surface area (Å²) in [6.07, 6.45) is 3.16. The fraction of sp³-hybridized carbons (Fsp3) is 0.133. The van der Waals surface area contributed by atoms with Crippen molar-refractivity contribution in [1.82, 2.24) is 15.3 Å². The van der Waals surface area contributed by atoms with Gasteiger partial charge in [-0.3, -0.25) is 4.79 Å². The van der Waals surface area contributed by atoms with E-state index in [1.54, 1.807) is 12.4 Å². The number of benzene rings is 1. The molecule has 2 aromatic heterocycles. The summed E-state index contributed by atoms with van der Waals surface area (Å²) >= 11 is 1.26. The van der Waals surface area contributed by atoms with Gasteiger partial charge in [0.15, 0.2) is 0 Å². The lowest BCUT2D eigenvalue weighted by Crippen LogP contribution is -2.22. The van der Waals surface area contributed by atoms with Crippen molar-refractivity contribution in [2.75, 3.05) is 5.73 Å². The highest BCUT2D eigenvalue weighted by atomic mass is 32.1. The van der Waals surface area contributed by atoms with Crippen LogP contribution in [-0.4, -0.2) is 15.9 Å². The molecule has 6 heteroatoms. The van der Waals surface area contributed by atoms with Crippen LogP contribution in [0.25, 0.3) is 10.3 Å². The Kier molecular flexibility index (Phi) is 3.53. The number of amides is 1. The number of hydrogen-bond donors (Lipinski definition) is 2. The summed E-state index contributed by atoms with van der Waals surface area (Å²) in [6.45, 7) is 2.49. The Morgan fingerprint density at radius 3 is 2.67 bits per heavy atom. The van der Waals surface area contributed by atoms with E-state index in [9.17, 15) is 4.79 Å². The minimum Gasteiger partial charge on any atom is -0.396 e. The first-order chi connectivity index (χ1) is 10.1. The highest BCUT2D eigenvalue weighted by Crippen LogP contribution is 2.30. The number of nitrogens with two attached hydrogens (primary N) is 1. The summed E-state index contributed by atoms with van der Waals surface area (Å²) in [5.74, 6) is -0.196. The first kappa shape index (κ1) is 13.5. The molecule has 0 bridgehead atoms. The lowest BCUT2D eigenvalue weighted by molar-refractivity contribution is 0.0956. The summed E-state index contributed by atoms with van der Waals surface area (Å²) in [5.41, 5.74) is 9.19. The molecule has 21 heavy (non-hydrogen) atoms. The van der Waals surface area contributed by atoms with Crippen LogP contribution in [0.15, 0.2) is 36.7 Å². The summed E-state index contributed by atoms with van der Waals surface area (Å²) in [4.78, 5) is 21.7. The van der Waals surface area contributed by atoms with Crippen LogP contribution in [0.5, 0.6) is 0 Å². The smallest absolute Gasteiger partial charge is 0.263 e. The molecule has 3 N–H and O–H groups in total. The van der Waals surface area contributed by atoms with Crippen molar-refractivity contribution in [3.8, 4) is 0 Å². The number of carbonyl (C=O) groups excluding carboxylic acids is 1. The molecule has 0 saturated heterocycles. The second kappa shape index (κ2) is 5.49. The third-order valence-corrected chi connectivity index (χ3v) is 4.24. The van der Waals surface area contributed by atoms with Gasteiger partial charge in [0.05, 0.1) is 5.69 Å². The molecular formula is C15H14N4OS. The molecule has 3 rings (SSSR count). The highest BCUT2D eigenvalue weighted by molar-refractivity contribution is 7.21. The molecule has 106 valence electrons. The minimum atomic E-state index is -0.196. The van der Waals surface area contributed by atoms with E-state index in [1.165, 1.54) is 16.9 Å². The standard InChI is InChI=1S/C15H14N4OS/c1-9-2-4-10(5-3-9)8-19-14(20)13-11(16)12-15(21-13)18-7-6-17-12/h2-7H,8,16H2,1H3,(H,19,20). The van der Waals surface area contributed by atoms with Crippen molar-refractivity contribution in [2.24, 2.45) is 0 Å². The first-order valence-corrected chi connectivity index (χ1v) is 7.29. The summed E-state index contributed by atoms with van der Waals surface area (Å²) in [6, 6.07) is 8.02. The van der Waals surface area contributed by atoms with Crippen LogP contribution >= 0.6 is 11.3 Å². The average molecular weight is 298 g/mol. The van der Waals surface area contributed by atoms with Crippen LogP contribution < -0.4 is 11.1 Å². The zero-order valence-electron chi connectivity index (χ0n) is 11.5. The second-order valence-corrected chi connectivity index (χ2v) is 5.72. The van der Waals surface area contributed by atoms with Gasteiger partial charge in [0.1, 0.15) is 15.2 Å². The molecule has 0 radical (unpaired) electrons. The van der Waals surface area contributed by atoms with E-state index in [1.807, 2.05) is 31.2 Å². The van der Waals surface area contributed by atoms with E-state index in [2.05, 4.69) is 15.3 Å². The van der Waals surface area contributed by atoms with Crippen LogP contribution in [0.4, 0.5) is 5.69 Å². The molecule has 1 amide bonds. The Morgan fingerprint density at radius 2 is 1.95 bits per heavy atom. The number of nitrogens with one attached hydrogen (secondary N) is 1. The van der Waals surface area contributed by atoms with Gasteiger partial charge in [-0.2, -0.15) is 0 Å². The predicted molar refractivity (Wildman–Crippen MR) is 84.2 cm³/mol. The van der Waals surface area contributed by atoms with Crippen molar-refractivity contribution in [3.05, 3.63) is 52.7 Å². The van der Waals surface area contributed by atoms with Gasteiger partial charge in [0.25, 0.3) is 5.91 Å². The van der Waals surface area contributed by atoms with Crippen LogP contribution in [0, 0.1) is 6.92 Å². The summed E-state index contributed by atoms with van der Waals surface area (Å²) in [5, 5.41) is 2.87. The van der Waals surface area contributed by atoms with Gasteiger partial charge < -0.3 is 11.1 Å². The van der Waals surface area contributed by atoms with Gasteiger partial charge in [-0.25, -0.2) is 9.97 Å². The fourth-order valence-electron chi connectivity index (χ4n) is 1.98. The number of carbonyl (C=O) groups is 1. The lowest BCUT2D eigenvalue weighted by Gasteiger charge is -2.05. The molecule has 0 saturated carbocycles. The molecule has 0 aliphatic rings. The third-order valence-electron chi connectivity index (χ3n) is 3.14. The number of fused-ring (bicyclic) bond motifs is 1. The molecular weight excluding hydrogens is 284 g/mol. The monoisotopic (exact) mass is 298 g/mol. The number of aryl methyl sites for hydroxylation is 1. The summed E-state index contributed by atoms with van der Waals surface area (Å²) in [7, 11) is 0. The maximum atomic E-state index is 12.2. The van der Waals surface area contributed by atoms with E-state index in [-0.39, 0.29) is 5.91 Å². The molecule has 0 unspecified atom stereocenters. The highest BCUT2D eigenvalue weighted by Gasteiger charge is 2.17. The Labute approximate surface area is 125 Å². The first-order valence-electron chi connectivity index (χ1n) is 6.48. The van der Waals surface area contributed by atoms with Gasteiger partial charge in [0, 0.05) is 18.9 Å². The van der Waals surface area contributed by atoms with E-state index >= 15 is 0 Å². The fourth-order valence-corrected chi connectivity index (χ4v) is 2.92. The zero-order valence-corrected chi connectivity index (χ0v) is 12.3. The molecule has 0 fully saturated rings. The summed E-state index contributed by atoms with van der Waals surface area (Å²) < 4.78 is 0. The maximum Gasteiger partial charge on any atom is 0.263 e. The predicted octanol–water partition coefficient (Wildman–Crippen LogP) is 2.51. The number of hydrogen-bond acceptors (Lipinski definition) is 5. The molecule has 0 aliphatic heterocycles. The number of anilines is 1. The van der Waals surface area contributed by atoms with Crippen LogP contribution in [0.1, 0.15) is 20.8 Å². The topological polar surface area (TPSA) is 80.9 Å². The Hall–Kier alpha value is -2.47. The normalized spacial score (nSPS) is 10.7. The molecule has 0 spiro atoms.